The number of rotatable bonds is 5. The highest BCUT2D eigenvalue weighted by molar-refractivity contribution is 6.30. The summed E-state index contributed by atoms with van der Waals surface area (Å²) in [5.74, 6) is -0.230. The van der Waals surface area contributed by atoms with Gasteiger partial charge in [0.05, 0.1) is 19.3 Å². The number of nitrogens with one attached hydrogen (secondary N) is 3. The third kappa shape index (κ3) is 4.89. The third-order valence-electron chi connectivity index (χ3n) is 2.95. The lowest BCUT2D eigenvalue weighted by molar-refractivity contribution is -0.120. The molecular formula is C16H16ClN3O3. The molecule has 0 radical (unpaired) electrons. The summed E-state index contributed by atoms with van der Waals surface area (Å²) in [6, 6.07) is 13.6. The lowest BCUT2D eigenvalue weighted by Crippen LogP contribution is -2.44. The van der Waals surface area contributed by atoms with Gasteiger partial charge >= 0.3 is 0 Å². The first-order chi connectivity index (χ1) is 11.1. The van der Waals surface area contributed by atoms with E-state index in [0.717, 1.165) is 0 Å². The van der Waals surface area contributed by atoms with E-state index >= 15 is 0 Å². The summed E-state index contributed by atoms with van der Waals surface area (Å²) < 4.78 is 5.17. The van der Waals surface area contributed by atoms with Crippen LogP contribution >= 0.6 is 11.6 Å². The van der Waals surface area contributed by atoms with E-state index in [1.165, 1.54) is 7.11 Å². The van der Waals surface area contributed by atoms with E-state index in [1.807, 2.05) is 0 Å². The number of hydrazine groups is 1. The maximum Gasteiger partial charge on any atom is 0.269 e. The minimum atomic E-state index is -0.406. The third-order valence-corrected chi connectivity index (χ3v) is 3.19. The highest BCUT2D eigenvalue weighted by Gasteiger charge is 2.08. The number of benzene rings is 2. The molecule has 0 spiro atoms. The van der Waals surface area contributed by atoms with Gasteiger partial charge in [-0.1, -0.05) is 29.8 Å². The standard InChI is InChI=1S/C16H16ClN3O3/c1-23-14-8-7-12(17)9-13(14)18-10-15(21)19-20-16(22)11-5-3-2-4-6-11/h2-9,18H,10H2,1H3,(H,19,21)(H,20,22). The van der Waals surface area contributed by atoms with Crippen LogP contribution in [0.15, 0.2) is 48.5 Å². The van der Waals surface area contributed by atoms with Gasteiger partial charge in [0.25, 0.3) is 11.8 Å². The van der Waals surface area contributed by atoms with Crippen LogP contribution in [-0.2, 0) is 4.79 Å². The molecule has 2 amide bonds. The van der Waals surface area contributed by atoms with Crippen LogP contribution in [0.4, 0.5) is 5.69 Å². The second kappa shape index (κ2) is 8.05. The van der Waals surface area contributed by atoms with Crippen molar-refractivity contribution in [1.82, 2.24) is 10.9 Å². The lowest BCUT2D eigenvalue weighted by Gasteiger charge is -2.12. The van der Waals surface area contributed by atoms with Crippen molar-refractivity contribution in [2.45, 2.75) is 0 Å². The molecule has 6 nitrogen and oxygen atoms in total. The number of hydrogen-bond donors (Lipinski definition) is 3. The number of anilines is 1. The Morgan fingerprint density at radius 1 is 1.09 bits per heavy atom. The predicted octanol–water partition coefficient (Wildman–Crippen LogP) is 2.22. The molecule has 0 aliphatic rings. The molecular weight excluding hydrogens is 318 g/mol. The van der Waals surface area contributed by atoms with Crippen LogP contribution in [0.1, 0.15) is 10.4 Å². The molecule has 7 heteroatoms. The average molecular weight is 334 g/mol. The number of carbonyl (C=O) groups excluding carboxylic acids is 2. The second-order valence-corrected chi connectivity index (χ2v) is 5.00. The fraction of sp³-hybridized carbons (Fsp3) is 0.125. The normalized spacial score (nSPS) is 9.83. The maximum atomic E-state index is 11.8. The second-order valence-electron chi connectivity index (χ2n) is 4.57. The molecule has 0 saturated carbocycles. The zero-order chi connectivity index (χ0) is 16.7. The van der Waals surface area contributed by atoms with E-state index in [-0.39, 0.29) is 12.5 Å². The Balaban J connectivity index is 1.84. The zero-order valence-electron chi connectivity index (χ0n) is 12.4. The zero-order valence-corrected chi connectivity index (χ0v) is 13.2. The molecule has 2 aromatic carbocycles. The van der Waals surface area contributed by atoms with Crippen LogP contribution in [0, 0.1) is 0 Å². The van der Waals surface area contributed by atoms with Crippen LogP contribution < -0.4 is 20.9 Å². The molecule has 3 N–H and O–H groups in total. The fourth-order valence-electron chi connectivity index (χ4n) is 1.83. The molecule has 120 valence electrons. The lowest BCUT2D eigenvalue weighted by atomic mass is 10.2. The average Bonchev–Trinajstić information content (AvgIpc) is 2.58. The van der Waals surface area contributed by atoms with Gasteiger partial charge in [0.2, 0.25) is 0 Å². The van der Waals surface area contributed by atoms with Gasteiger partial charge in [0.1, 0.15) is 5.75 Å². The van der Waals surface area contributed by atoms with Gasteiger partial charge in [-0.25, -0.2) is 0 Å². The van der Waals surface area contributed by atoms with Crippen LogP contribution in [0.2, 0.25) is 5.02 Å². The van der Waals surface area contributed by atoms with Crippen molar-refractivity contribution < 1.29 is 14.3 Å². The largest absolute Gasteiger partial charge is 0.495 e. The Labute approximate surface area is 138 Å². The first-order valence-electron chi connectivity index (χ1n) is 6.82. The molecule has 0 unspecified atom stereocenters. The van der Waals surface area contributed by atoms with Crippen LogP contribution in [0.25, 0.3) is 0 Å². The van der Waals surface area contributed by atoms with Crippen LogP contribution in [0.5, 0.6) is 5.75 Å². The van der Waals surface area contributed by atoms with Crippen LogP contribution in [-0.4, -0.2) is 25.5 Å². The summed E-state index contributed by atoms with van der Waals surface area (Å²) >= 11 is 5.91. The Hall–Kier alpha value is -2.73. The Bertz CT molecular complexity index is 692. The number of ether oxygens (including phenoxy) is 1. The van der Waals surface area contributed by atoms with Crippen molar-refractivity contribution in [3.63, 3.8) is 0 Å². The van der Waals surface area contributed by atoms with E-state index in [0.29, 0.717) is 22.0 Å². The molecule has 0 fully saturated rings. The monoisotopic (exact) mass is 333 g/mol. The summed E-state index contributed by atoms with van der Waals surface area (Å²) in [6.45, 7) is -0.0498. The molecule has 0 atom stereocenters. The van der Waals surface area contributed by atoms with Crippen molar-refractivity contribution >= 4 is 29.1 Å². The number of amides is 2. The number of halogens is 1. The smallest absolute Gasteiger partial charge is 0.269 e. The fourth-order valence-corrected chi connectivity index (χ4v) is 2.00. The topological polar surface area (TPSA) is 79.5 Å². The minimum Gasteiger partial charge on any atom is -0.495 e. The molecule has 2 rings (SSSR count). The molecule has 0 aliphatic heterocycles. The molecule has 0 aliphatic carbocycles. The van der Waals surface area contributed by atoms with Gasteiger partial charge in [0, 0.05) is 10.6 Å². The van der Waals surface area contributed by atoms with Crippen molar-refractivity contribution in [1.29, 1.82) is 0 Å². The number of carbonyl (C=O) groups is 2. The summed E-state index contributed by atoms with van der Waals surface area (Å²) in [5, 5.41) is 3.42. The minimum absolute atomic E-state index is 0.0498. The van der Waals surface area contributed by atoms with E-state index in [9.17, 15) is 9.59 Å². The molecule has 2 aromatic rings. The highest BCUT2D eigenvalue weighted by Crippen LogP contribution is 2.27. The van der Waals surface area contributed by atoms with E-state index in [1.54, 1.807) is 48.5 Å². The first-order valence-corrected chi connectivity index (χ1v) is 7.19. The van der Waals surface area contributed by atoms with Gasteiger partial charge in [-0.15, -0.1) is 0 Å². The van der Waals surface area contributed by atoms with Crippen molar-refractivity contribution in [3.05, 3.63) is 59.1 Å². The van der Waals surface area contributed by atoms with E-state index < -0.39 is 5.91 Å². The molecule has 0 bridgehead atoms. The first kappa shape index (κ1) is 16.6. The summed E-state index contributed by atoms with van der Waals surface area (Å²) in [5.41, 5.74) is 5.71. The summed E-state index contributed by atoms with van der Waals surface area (Å²) in [4.78, 5) is 23.6. The predicted molar refractivity (Wildman–Crippen MR) is 88.5 cm³/mol. The van der Waals surface area contributed by atoms with Gasteiger partial charge in [-0.3, -0.25) is 20.4 Å². The Kier molecular flexibility index (Phi) is 5.82. The Morgan fingerprint density at radius 3 is 2.52 bits per heavy atom. The molecule has 0 aromatic heterocycles. The van der Waals surface area contributed by atoms with Crippen LogP contribution in [0.3, 0.4) is 0 Å². The summed E-state index contributed by atoms with van der Waals surface area (Å²) in [7, 11) is 1.52. The Morgan fingerprint density at radius 2 is 1.83 bits per heavy atom. The number of methoxy groups -OCH3 is 1. The number of hydrogen-bond acceptors (Lipinski definition) is 4. The van der Waals surface area contributed by atoms with E-state index in [4.69, 9.17) is 16.3 Å². The van der Waals surface area contributed by atoms with Gasteiger partial charge < -0.3 is 10.1 Å². The molecule has 23 heavy (non-hydrogen) atoms. The van der Waals surface area contributed by atoms with Crippen molar-refractivity contribution in [3.8, 4) is 5.75 Å². The van der Waals surface area contributed by atoms with Gasteiger partial charge in [0.15, 0.2) is 0 Å². The molecule has 0 heterocycles. The van der Waals surface area contributed by atoms with Crippen molar-refractivity contribution in [2.75, 3.05) is 19.0 Å². The maximum absolute atomic E-state index is 11.8. The quantitative estimate of drug-likeness (QED) is 0.733. The SMILES string of the molecule is COc1ccc(Cl)cc1NCC(=O)NNC(=O)c1ccccc1. The van der Waals surface area contributed by atoms with Gasteiger partial charge in [-0.05, 0) is 30.3 Å². The van der Waals surface area contributed by atoms with Gasteiger partial charge in [-0.2, -0.15) is 0 Å². The van der Waals surface area contributed by atoms with Crippen molar-refractivity contribution in [2.24, 2.45) is 0 Å². The highest BCUT2D eigenvalue weighted by atomic mass is 35.5. The summed E-state index contributed by atoms with van der Waals surface area (Å²) in [6.07, 6.45) is 0. The van der Waals surface area contributed by atoms with E-state index in [2.05, 4.69) is 16.2 Å². The molecule has 0 saturated heterocycles.